The van der Waals surface area contributed by atoms with E-state index in [-0.39, 0.29) is 6.09 Å². The Hall–Kier alpha value is -2.04. The normalized spacial score (nSPS) is 14.7. The number of hydrogen-bond acceptors (Lipinski definition) is 3. The van der Waals surface area contributed by atoms with Crippen LogP contribution in [0.2, 0.25) is 0 Å². The van der Waals surface area contributed by atoms with Crippen molar-refractivity contribution in [2.75, 3.05) is 13.1 Å². The van der Waals surface area contributed by atoms with Crippen LogP contribution in [0.3, 0.4) is 0 Å². The molecule has 0 bridgehead atoms. The third-order valence-electron chi connectivity index (χ3n) is 4.65. The third kappa shape index (κ3) is 6.25. The fourth-order valence-corrected chi connectivity index (χ4v) is 3.14. The number of likely N-dealkylation sites (tertiary alicyclic amines) is 1. The first-order chi connectivity index (χ1) is 13.2. The molecule has 1 fully saturated rings. The lowest BCUT2D eigenvalue weighted by Gasteiger charge is -2.32. The molecule has 3 rings (SSSR count). The molecule has 28 heavy (non-hydrogen) atoms. The van der Waals surface area contributed by atoms with Gasteiger partial charge in [-0.15, -0.1) is 0 Å². The zero-order valence-electron chi connectivity index (χ0n) is 19.3. The first-order valence-electron chi connectivity index (χ1n) is 10.7. The van der Waals surface area contributed by atoms with Crippen LogP contribution in [0.1, 0.15) is 84.2 Å². The topological polar surface area (TPSA) is 58.2 Å². The molecule has 1 saturated heterocycles. The van der Waals surface area contributed by atoms with Gasteiger partial charge in [-0.2, -0.15) is 0 Å². The standard InChI is InChI=1S/C19H27N3O2.2C2H6/c1-12-10-15-16(11-13(12)2)21-17(20-15)14-6-8-22(9-7-14)18(23)24-19(3,4)5;2*1-2/h10-11,14H,6-9H2,1-5H3,(H,20,21);2*1-2H3. The molecule has 1 aromatic heterocycles. The van der Waals surface area contributed by atoms with Crippen LogP contribution in [0, 0.1) is 13.8 Å². The smallest absolute Gasteiger partial charge is 0.410 e. The number of carbonyl (C=O) groups is 1. The summed E-state index contributed by atoms with van der Waals surface area (Å²) in [4.78, 5) is 22.2. The number of hydrogen-bond donors (Lipinski definition) is 1. The second-order valence-electron chi connectivity index (χ2n) is 7.82. The lowest BCUT2D eigenvalue weighted by Crippen LogP contribution is -2.41. The Morgan fingerprint density at radius 3 is 2.14 bits per heavy atom. The summed E-state index contributed by atoms with van der Waals surface area (Å²) in [7, 11) is 0. The van der Waals surface area contributed by atoms with Gasteiger partial charge in [-0.3, -0.25) is 0 Å². The minimum atomic E-state index is -0.442. The molecule has 0 aliphatic carbocycles. The summed E-state index contributed by atoms with van der Waals surface area (Å²) < 4.78 is 5.46. The molecule has 1 aliphatic rings. The van der Waals surface area contributed by atoms with E-state index in [1.165, 1.54) is 11.1 Å². The highest BCUT2D eigenvalue weighted by Crippen LogP contribution is 2.29. The van der Waals surface area contributed by atoms with Gasteiger partial charge in [0.2, 0.25) is 0 Å². The van der Waals surface area contributed by atoms with E-state index in [0.717, 1.165) is 29.7 Å². The highest BCUT2D eigenvalue weighted by Gasteiger charge is 2.28. The minimum Gasteiger partial charge on any atom is -0.444 e. The van der Waals surface area contributed by atoms with Crippen molar-refractivity contribution in [3.63, 3.8) is 0 Å². The Balaban J connectivity index is 0.000000921. The van der Waals surface area contributed by atoms with Gasteiger partial charge in [-0.05, 0) is 70.7 Å². The Morgan fingerprint density at radius 2 is 1.61 bits per heavy atom. The summed E-state index contributed by atoms with van der Waals surface area (Å²) in [6.45, 7) is 19.4. The number of imidazole rings is 1. The SMILES string of the molecule is CC.CC.Cc1cc2nc(C3CCN(C(=O)OC(C)(C)C)CC3)[nH]c2cc1C. The molecule has 1 N–H and O–H groups in total. The quantitative estimate of drug-likeness (QED) is 0.618. The molecule has 1 aromatic carbocycles. The van der Waals surface area contributed by atoms with Gasteiger partial charge in [0.05, 0.1) is 11.0 Å². The number of nitrogens with one attached hydrogen (secondary N) is 1. The number of carbonyl (C=O) groups excluding carboxylic acids is 1. The Bertz CT molecular complexity index is 712. The van der Waals surface area contributed by atoms with Gasteiger partial charge < -0.3 is 14.6 Å². The Labute approximate surface area is 170 Å². The summed E-state index contributed by atoms with van der Waals surface area (Å²) in [5.74, 6) is 1.41. The molecule has 158 valence electrons. The zero-order valence-corrected chi connectivity index (χ0v) is 19.3. The second kappa shape index (κ2) is 10.5. The van der Waals surface area contributed by atoms with Crippen LogP contribution in [0.25, 0.3) is 11.0 Å². The summed E-state index contributed by atoms with van der Waals surface area (Å²) in [6.07, 6.45) is 1.62. The number of piperidine rings is 1. The van der Waals surface area contributed by atoms with Gasteiger partial charge in [-0.25, -0.2) is 9.78 Å². The largest absolute Gasteiger partial charge is 0.444 e. The molecule has 0 radical (unpaired) electrons. The van der Waals surface area contributed by atoms with Gasteiger partial charge in [0.25, 0.3) is 0 Å². The highest BCUT2D eigenvalue weighted by molar-refractivity contribution is 5.77. The van der Waals surface area contributed by atoms with Gasteiger partial charge in [0.15, 0.2) is 0 Å². The molecule has 2 heterocycles. The van der Waals surface area contributed by atoms with Crippen LogP contribution >= 0.6 is 0 Å². The van der Waals surface area contributed by atoms with Crippen LogP contribution in [-0.2, 0) is 4.74 Å². The number of nitrogens with zero attached hydrogens (tertiary/aromatic N) is 2. The molecule has 5 nitrogen and oxygen atoms in total. The number of aromatic nitrogens is 2. The van der Waals surface area contributed by atoms with Crippen molar-refractivity contribution in [3.8, 4) is 0 Å². The van der Waals surface area contributed by atoms with Crippen molar-refractivity contribution in [2.45, 2.75) is 86.7 Å². The summed E-state index contributed by atoms with van der Waals surface area (Å²) >= 11 is 0. The molecule has 0 atom stereocenters. The highest BCUT2D eigenvalue weighted by atomic mass is 16.6. The van der Waals surface area contributed by atoms with E-state index in [0.29, 0.717) is 19.0 Å². The van der Waals surface area contributed by atoms with Gasteiger partial charge in [0.1, 0.15) is 11.4 Å². The zero-order chi connectivity index (χ0) is 21.5. The van der Waals surface area contributed by atoms with Crippen molar-refractivity contribution in [3.05, 3.63) is 29.1 Å². The summed E-state index contributed by atoms with van der Waals surface area (Å²) in [5, 5.41) is 0. The van der Waals surface area contributed by atoms with Gasteiger partial charge in [-0.1, -0.05) is 27.7 Å². The number of H-pyrrole nitrogens is 1. The summed E-state index contributed by atoms with van der Waals surface area (Å²) in [5.41, 5.74) is 4.23. The molecular formula is C23H39N3O2. The van der Waals surface area contributed by atoms with Gasteiger partial charge >= 0.3 is 6.09 Å². The first kappa shape index (κ1) is 24.0. The number of aromatic amines is 1. The minimum absolute atomic E-state index is 0.211. The summed E-state index contributed by atoms with van der Waals surface area (Å²) in [6, 6.07) is 4.30. The van der Waals surface area contributed by atoms with E-state index < -0.39 is 5.60 Å². The van der Waals surface area contributed by atoms with Crippen LogP contribution in [0.4, 0.5) is 4.79 Å². The van der Waals surface area contributed by atoms with Crippen molar-refractivity contribution >= 4 is 17.1 Å². The predicted molar refractivity (Wildman–Crippen MR) is 118 cm³/mol. The molecular weight excluding hydrogens is 350 g/mol. The number of rotatable bonds is 1. The number of aryl methyl sites for hydroxylation is 2. The van der Waals surface area contributed by atoms with Crippen LogP contribution < -0.4 is 0 Å². The first-order valence-corrected chi connectivity index (χ1v) is 10.7. The van der Waals surface area contributed by atoms with Gasteiger partial charge in [0, 0.05) is 19.0 Å². The molecule has 0 spiro atoms. The number of amides is 1. The van der Waals surface area contributed by atoms with E-state index in [2.05, 4.69) is 31.0 Å². The lowest BCUT2D eigenvalue weighted by molar-refractivity contribution is 0.0203. The fraction of sp³-hybridized carbons (Fsp3) is 0.652. The maximum Gasteiger partial charge on any atom is 0.410 e. The van der Waals surface area contributed by atoms with E-state index in [4.69, 9.17) is 9.72 Å². The predicted octanol–water partition coefficient (Wildman–Crippen LogP) is 6.35. The molecule has 1 amide bonds. The van der Waals surface area contributed by atoms with Crippen molar-refractivity contribution in [1.29, 1.82) is 0 Å². The van der Waals surface area contributed by atoms with Crippen molar-refractivity contribution in [1.82, 2.24) is 14.9 Å². The van der Waals surface area contributed by atoms with Crippen LogP contribution in [-0.4, -0.2) is 39.7 Å². The monoisotopic (exact) mass is 389 g/mol. The maximum atomic E-state index is 12.2. The molecule has 0 unspecified atom stereocenters. The van der Waals surface area contributed by atoms with E-state index >= 15 is 0 Å². The molecule has 2 aromatic rings. The van der Waals surface area contributed by atoms with E-state index in [1.54, 1.807) is 4.90 Å². The Morgan fingerprint density at radius 1 is 1.07 bits per heavy atom. The average molecular weight is 390 g/mol. The Kier molecular flexibility index (Phi) is 8.99. The molecule has 1 aliphatic heterocycles. The van der Waals surface area contributed by atoms with Crippen LogP contribution in [0.15, 0.2) is 12.1 Å². The average Bonchev–Trinajstić information content (AvgIpc) is 3.07. The number of fused-ring (bicyclic) bond motifs is 1. The second-order valence-corrected chi connectivity index (χ2v) is 7.82. The fourth-order valence-electron chi connectivity index (χ4n) is 3.14. The van der Waals surface area contributed by atoms with Crippen LogP contribution in [0.5, 0.6) is 0 Å². The van der Waals surface area contributed by atoms with Crippen molar-refractivity contribution in [2.24, 2.45) is 0 Å². The maximum absolute atomic E-state index is 12.2. The third-order valence-corrected chi connectivity index (χ3v) is 4.65. The van der Waals surface area contributed by atoms with Crippen molar-refractivity contribution < 1.29 is 9.53 Å². The van der Waals surface area contributed by atoms with E-state index in [1.807, 2.05) is 48.5 Å². The molecule has 5 heteroatoms. The lowest BCUT2D eigenvalue weighted by atomic mass is 9.96. The molecule has 0 saturated carbocycles. The van der Waals surface area contributed by atoms with E-state index in [9.17, 15) is 4.79 Å². The number of ether oxygens (including phenoxy) is 1. The number of benzene rings is 1.